The number of amides is 1. The molecule has 0 atom stereocenters. The molecule has 0 bridgehead atoms. The number of benzene rings is 1. The number of fused-ring (bicyclic) bond motifs is 1. The Morgan fingerprint density at radius 3 is 2.53 bits per heavy atom. The van der Waals surface area contributed by atoms with Gasteiger partial charge in [0.15, 0.2) is 5.82 Å². The first-order valence-corrected chi connectivity index (χ1v) is 13.1. The lowest BCUT2D eigenvalue weighted by atomic mass is 9.86. The van der Waals surface area contributed by atoms with Gasteiger partial charge in [0.05, 0.1) is 43.4 Å². The Balaban J connectivity index is 1.26. The van der Waals surface area contributed by atoms with Crippen molar-refractivity contribution < 1.29 is 28.2 Å². The number of carbonyl (C=O) groups excluding carboxylic acids is 1. The molecule has 12 heteroatoms. The van der Waals surface area contributed by atoms with Gasteiger partial charge in [-0.15, -0.1) is 0 Å². The molecule has 2 aliphatic heterocycles. The van der Waals surface area contributed by atoms with E-state index in [9.17, 15) is 18.7 Å². The van der Waals surface area contributed by atoms with E-state index in [0.29, 0.717) is 82.1 Å². The summed E-state index contributed by atoms with van der Waals surface area (Å²) < 4.78 is 41.0. The molecule has 4 heterocycles. The van der Waals surface area contributed by atoms with Crippen molar-refractivity contribution in [3.8, 4) is 11.7 Å². The van der Waals surface area contributed by atoms with Gasteiger partial charge in [0.25, 0.3) is 6.43 Å². The number of rotatable bonds is 6. The number of aliphatic hydroxyl groups is 1. The van der Waals surface area contributed by atoms with Gasteiger partial charge in [0.1, 0.15) is 11.9 Å². The second-order valence-electron chi connectivity index (χ2n) is 10.0. The third kappa shape index (κ3) is 4.90. The SMILES string of the molecule is O=C([C@H]1CC[C@H](O)CC1)N1CC(Oc2cc(-n3c(C(F)F)nc4ccccc43)nc(N3CCOCC3)n2)C1. The van der Waals surface area contributed by atoms with Crippen LogP contribution in [0.3, 0.4) is 0 Å². The van der Waals surface area contributed by atoms with Crippen LogP contribution in [0.15, 0.2) is 30.3 Å². The van der Waals surface area contributed by atoms with Crippen LogP contribution in [0.5, 0.6) is 5.88 Å². The Bertz CT molecular complexity index is 1300. The minimum atomic E-state index is -2.80. The van der Waals surface area contributed by atoms with Crippen molar-refractivity contribution in [1.29, 1.82) is 0 Å². The number of imidazole rings is 1. The van der Waals surface area contributed by atoms with Gasteiger partial charge in [-0.25, -0.2) is 13.8 Å². The number of halogens is 2. The fraction of sp³-hybridized carbons (Fsp3) is 0.538. The van der Waals surface area contributed by atoms with Gasteiger partial charge in [-0.3, -0.25) is 9.36 Å². The topological polar surface area (TPSA) is 106 Å². The van der Waals surface area contributed by atoms with Gasteiger partial charge in [-0.1, -0.05) is 12.1 Å². The van der Waals surface area contributed by atoms with E-state index in [1.165, 1.54) is 4.57 Å². The quantitative estimate of drug-likeness (QED) is 0.521. The molecule has 3 fully saturated rings. The molecule has 6 rings (SSSR count). The molecule has 1 aliphatic carbocycles. The molecule has 10 nitrogen and oxygen atoms in total. The lowest BCUT2D eigenvalue weighted by molar-refractivity contribution is -0.146. The van der Waals surface area contributed by atoms with Crippen LogP contribution in [-0.2, 0) is 9.53 Å². The second-order valence-corrected chi connectivity index (χ2v) is 10.0. The van der Waals surface area contributed by atoms with Crippen LogP contribution in [-0.4, -0.2) is 87.0 Å². The number of para-hydroxylation sites is 2. The predicted molar refractivity (Wildman–Crippen MR) is 134 cm³/mol. The average molecular weight is 529 g/mol. The number of hydrogen-bond donors (Lipinski definition) is 1. The van der Waals surface area contributed by atoms with Crippen molar-refractivity contribution in [2.75, 3.05) is 44.3 Å². The van der Waals surface area contributed by atoms with Crippen LogP contribution in [0.4, 0.5) is 14.7 Å². The number of aliphatic hydroxyl groups excluding tert-OH is 1. The highest BCUT2D eigenvalue weighted by Gasteiger charge is 2.37. The second kappa shape index (κ2) is 10.4. The lowest BCUT2D eigenvalue weighted by Gasteiger charge is -2.41. The van der Waals surface area contributed by atoms with Gasteiger partial charge in [-0.2, -0.15) is 9.97 Å². The molecular formula is C26H30F2N6O4. The van der Waals surface area contributed by atoms with Crippen molar-refractivity contribution in [2.45, 2.75) is 44.3 Å². The maximum atomic E-state index is 14.0. The Morgan fingerprint density at radius 1 is 1.05 bits per heavy atom. The summed E-state index contributed by atoms with van der Waals surface area (Å²) in [5.41, 5.74) is 0.957. The van der Waals surface area contributed by atoms with Crippen molar-refractivity contribution in [3.05, 3.63) is 36.2 Å². The Hall–Kier alpha value is -3.38. The number of anilines is 1. The number of likely N-dealkylation sites (tertiary alicyclic amines) is 1. The monoisotopic (exact) mass is 528 g/mol. The highest BCUT2D eigenvalue weighted by Crippen LogP contribution is 2.31. The molecule has 1 aromatic carbocycles. The van der Waals surface area contributed by atoms with Crippen LogP contribution in [0, 0.1) is 5.92 Å². The number of morpholine rings is 1. The van der Waals surface area contributed by atoms with Crippen LogP contribution in [0.2, 0.25) is 0 Å². The molecule has 0 spiro atoms. The van der Waals surface area contributed by atoms with Crippen molar-refractivity contribution >= 4 is 22.9 Å². The van der Waals surface area contributed by atoms with Crippen LogP contribution in [0.25, 0.3) is 16.9 Å². The van der Waals surface area contributed by atoms with Gasteiger partial charge < -0.3 is 24.4 Å². The summed E-state index contributed by atoms with van der Waals surface area (Å²) in [6, 6.07) is 8.49. The van der Waals surface area contributed by atoms with Crippen LogP contribution >= 0.6 is 0 Å². The summed E-state index contributed by atoms with van der Waals surface area (Å²) in [5.74, 6) is 0.510. The number of carbonyl (C=O) groups is 1. The normalized spacial score (nSPS) is 22.6. The van der Waals surface area contributed by atoms with Gasteiger partial charge in [0.2, 0.25) is 17.7 Å². The molecular weight excluding hydrogens is 498 g/mol. The van der Waals surface area contributed by atoms with E-state index in [-0.39, 0.29) is 35.7 Å². The zero-order valence-electron chi connectivity index (χ0n) is 20.9. The van der Waals surface area contributed by atoms with Crippen molar-refractivity contribution in [3.63, 3.8) is 0 Å². The number of nitrogens with zero attached hydrogens (tertiary/aromatic N) is 6. The molecule has 1 saturated carbocycles. The number of alkyl halides is 2. The first-order valence-electron chi connectivity index (χ1n) is 13.1. The summed E-state index contributed by atoms with van der Waals surface area (Å²) >= 11 is 0. The fourth-order valence-corrected chi connectivity index (χ4v) is 5.36. The standard InChI is InChI=1S/C26H30F2N6O4/c27-23(28)24-29-19-3-1-2-4-20(19)34(24)21-13-22(31-26(30-21)32-9-11-37-12-10-32)38-18-14-33(15-18)25(36)16-5-7-17(35)8-6-16/h1-4,13,16-18,23,35H,5-12,14-15H2/t16-,17-. The van der Waals surface area contributed by atoms with Crippen molar-refractivity contribution in [1.82, 2.24) is 24.4 Å². The number of hydrogen-bond acceptors (Lipinski definition) is 8. The van der Waals surface area contributed by atoms with E-state index in [1.807, 2.05) is 4.90 Å². The zero-order valence-corrected chi connectivity index (χ0v) is 20.9. The minimum absolute atomic E-state index is 0.0554. The highest BCUT2D eigenvalue weighted by atomic mass is 19.3. The van der Waals surface area contributed by atoms with E-state index in [4.69, 9.17) is 9.47 Å². The van der Waals surface area contributed by atoms with Gasteiger partial charge >= 0.3 is 0 Å². The van der Waals surface area contributed by atoms with Crippen LogP contribution in [0.1, 0.15) is 37.9 Å². The largest absolute Gasteiger partial charge is 0.470 e. The van der Waals surface area contributed by atoms with E-state index in [0.717, 1.165) is 0 Å². The Kier molecular flexibility index (Phi) is 6.83. The summed E-state index contributed by atoms with van der Waals surface area (Å²) in [5, 5.41) is 9.72. The maximum Gasteiger partial charge on any atom is 0.296 e. The smallest absolute Gasteiger partial charge is 0.296 e. The lowest BCUT2D eigenvalue weighted by Crippen LogP contribution is -2.58. The van der Waals surface area contributed by atoms with E-state index < -0.39 is 12.2 Å². The maximum absolute atomic E-state index is 14.0. The van der Waals surface area contributed by atoms with Crippen molar-refractivity contribution in [2.24, 2.45) is 5.92 Å². The molecule has 1 N–H and O–H groups in total. The zero-order chi connectivity index (χ0) is 26.2. The highest BCUT2D eigenvalue weighted by molar-refractivity contribution is 5.80. The third-order valence-electron chi connectivity index (χ3n) is 7.48. The molecule has 202 valence electrons. The number of ether oxygens (including phenoxy) is 2. The van der Waals surface area contributed by atoms with E-state index >= 15 is 0 Å². The molecule has 2 aromatic heterocycles. The number of aromatic nitrogens is 4. The first-order chi connectivity index (χ1) is 18.5. The summed E-state index contributed by atoms with van der Waals surface area (Å²) in [6.45, 7) is 3.02. The summed E-state index contributed by atoms with van der Waals surface area (Å²) in [4.78, 5) is 29.9. The van der Waals surface area contributed by atoms with Gasteiger partial charge in [0, 0.05) is 25.1 Å². The molecule has 3 aromatic rings. The predicted octanol–water partition coefficient (Wildman–Crippen LogP) is 2.73. The Labute approximate surface area is 218 Å². The molecule has 2 saturated heterocycles. The third-order valence-corrected chi connectivity index (χ3v) is 7.48. The molecule has 38 heavy (non-hydrogen) atoms. The minimum Gasteiger partial charge on any atom is -0.470 e. The molecule has 1 amide bonds. The average Bonchev–Trinajstić information content (AvgIpc) is 3.31. The molecule has 3 aliphatic rings. The molecule has 0 unspecified atom stereocenters. The molecule has 0 radical (unpaired) electrons. The first kappa shape index (κ1) is 24.9. The van der Waals surface area contributed by atoms with Gasteiger partial charge in [-0.05, 0) is 37.8 Å². The summed E-state index contributed by atoms with van der Waals surface area (Å²) in [7, 11) is 0. The van der Waals surface area contributed by atoms with Crippen LogP contribution < -0.4 is 9.64 Å². The summed E-state index contributed by atoms with van der Waals surface area (Å²) in [6.07, 6.45) is -0.666. The Morgan fingerprint density at radius 2 is 1.79 bits per heavy atom. The van der Waals surface area contributed by atoms with E-state index in [2.05, 4.69) is 15.0 Å². The fourth-order valence-electron chi connectivity index (χ4n) is 5.36. The van der Waals surface area contributed by atoms with E-state index in [1.54, 1.807) is 35.2 Å².